The van der Waals surface area contributed by atoms with Gasteiger partial charge in [-0.15, -0.1) is 0 Å². The molecular weight excluding hydrogens is 329 g/mol. The number of rotatable bonds is 3. The zero-order chi connectivity index (χ0) is 14.7. The lowest BCUT2D eigenvalue weighted by Gasteiger charge is -2.37. The van der Waals surface area contributed by atoms with Gasteiger partial charge in [-0.25, -0.2) is 4.39 Å². The van der Waals surface area contributed by atoms with E-state index < -0.39 is 0 Å². The highest BCUT2D eigenvalue weighted by molar-refractivity contribution is 9.10. The Kier molecular flexibility index (Phi) is 5.12. The number of ether oxygens (including phenoxy) is 1. The van der Waals surface area contributed by atoms with Gasteiger partial charge in [0.2, 0.25) is 5.91 Å². The summed E-state index contributed by atoms with van der Waals surface area (Å²) >= 11 is 3.27. The molecule has 1 saturated heterocycles. The molecule has 0 bridgehead atoms. The van der Waals surface area contributed by atoms with Crippen LogP contribution in [0.1, 0.15) is 12.5 Å². The number of hydrogen-bond donors (Lipinski definition) is 1. The van der Waals surface area contributed by atoms with Crippen molar-refractivity contribution in [1.29, 1.82) is 0 Å². The van der Waals surface area contributed by atoms with E-state index in [4.69, 9.17) is 9.84 Å². The zero-order valence-electron chi connectivity index (χ0n) is 11.2. The van der Waals surface area contributed by atoms with Crippen molar-refractivity contribution in [2.24, 2.45) is 0 Å². The van der Waals surface area contributed by atoms with Crippen LogP contribution in [0.4, 0.5) is 4.39 Å². The molecule has 110 valence electrons. The monoisotopic (exact) mass is 345 g/mol. The van der Waals surface area contributed by atoms with E-state index >= 15 is 0 Å². The summed E-state index contributed by atoms with van der Waals surface area (Å²) in [5, 5.41) is 9.12. The third-order valence-electron chi connectivity index (χ3n) is 3.38. The number of aliphatic hydroxyl groups is 1. The Morgan fingerprint density at radius 2 is 2.35 bits per heavy atom. The maximum atomic E-state index is 13.7. The fraction of sp³-hybridized carbons (Fsp3) is 0.500. The second-order valence-corrected chi connectivity index (χ2v) is 5.86. The van der Waals surface area contributed by atoms with Crippen LogP contribution in [0.5, 0.6) is 0 Å². The van der Waals surface area contributed by atoms with Crippen LogP contribution in [0.25, 0.3) is 0 Å². The van der Waals surface area contributed by atoms with Gasteiger partial charge in [-0.05, 0) is 30.7 Å². The van der Waals surface area contributed by atoms with Gasteiger partial charge in [0.25, 0.3) is 0 Å². The number of morpholine rings is 1. The Morgan fingerprint density at radius 3 is 3.05 bits per heavy atom. The molecule has 1 aromatic carbocycles. The third kappa shape index (κ3) is 3.56. The largest absolute Gasteiger partial charge is 0.394 e. The van der Waals surface area contributed by atoms with E-state index in [0.29, 0.717) is 18.7 Å². The molecule has 1 heterocycles. The summed E-state index contributed by atoms with van der Waals surface area (Å²) in [6.07, 6.45) is -0.351. The molecular formula is C14H17BrFNO3. The number of amides is 1. The lowest BCUT2D eigenvalue weighted by Crippen LogP contribution is -2.52. The van der Waals surface area contributed by atoms with Gasteiger partial charge >= 0.3 is 0 Å². The van der Waals surface area contributed by atoms with Crippen molar-refractivity contribution in [2.75, 3.05) is 19.8 Å². The third-order valence-corrected chi connectivity index (χ3v) is 3.87. The highest BCUT2D eigenvalue weighted by Crippen LogP contribution is 2.18. The quantitative estimate of drug-likeness (QED) is 0.907. The van der Waals surface area contributed by atoms with E-state index in [2.05, 4.69) is 15.9 Å². The summed E-state index contributed by atoms with van der Waals surface area (Å²) in [5.74, 6) is -0.544. The first kappa shape index (κ1) is 15.4. The molecule has 6 heteroatoms. The predicted molar refractivity (Wildman–Crippen MR) is 75.8 cm³/mol. The van der Waals surface area contributed by atoms with Gasteiger partial charge in [0.15, 0.2) is 0 Å². The number of carbonyl (C=O) groups is 1. The van der Waals surface area contributed by atoms with Crippen molar-refractivity contribution in [3.05, 3.63) is 34.1 Å². The molecule has 0 saturated carbocycles. The fourth-order valence-corrected chi connectivity index (χ4v) is 2.63. The number of halogens is 2. The summed E-state index contributed by atoms with van der Waals surface area (Å²) in [6, 6.07) is 4.48. The van der Waals surface area contributed by atoms with Crippen molar-refractivity contribution in [2.45, 2.75) is 25.5 Å². The van der Waals surface area contributed by atoms with Crippen molar-refractivity contribution >= 4 is 21.8 Å². The lowest BCUT2D eigenvalue weighted by molar-refractivity contribution is -0.145. The molecule has 0 aromatic heterocycles. The first-order chi connectivity index (χ1) is 9.51. The molecule has 1 aliphatic heterocycles. The molecule has 2 unspecified atom stereocenters. The minimum Gasteiger partial charge on any atom is -0.394 e. The molecule has 1 amide bonds. The van der Waals surface area contributed by atoms with Crippen LogP contribution in [0.15, 0.2) is 22.7 Å². The highest BCUT2D eigenvalue weighted by Gasteiger charge is 2.29. The number of hydrogen-bond acceptors (Lipinski definition) is 3. The van der Waals surface area contributed by atoms with Crippen molar-refractivity contribution in [1.82, 2.24) is 4.90 Å². The summed E-state index contributed by atoms with van der Waals surface area (Å²) in [7, 11) is 0. The van der Waals surface area contributed by atoms with Crippen LogP contribution in [0.3, 0.4) is 0 Å². The average molecular weight is 346 g/mol. The van der Waals surface area contributed by atoms with Gasteiger partial charge in [0.1, 0.15) is 5.82 Å². The van der Waals surface area contributed by atoms with Gasteiger partial charge < -0.3 is 14.7 Å². The normalized spacial score (nSPS) is 22.9. The zero-order valence-corrected chi connectivity index (χ0v) is 12.8. The molecule has 0 radical (unpaired) electrons. The van der Waals surface area contributed by atoms with Gasteiger partial charge in [0, 0.05) is 11.0 Å². The van der Waals surface area contributed by atoms with Crippen LogP contribution < -0.4 is 0 Å². The maximum absolute atomic E-state index is 13.7. The smallest absolute Gasteiger partial charge is 0.227 e. The number of nitrogens with zero attached hydrogens (tertiary/aromatic N) is 1. The molecule has 1 aromatic rings. The summed E-state index contributed by atoms with van der Waals surface area (Å²) in [6.45, 7) is 2.48. The van der Waals surface area contributed by atoms with E-state index in [1.807, 2.05) is 6.92 Å². The van der Waals surface area contributed by atoms with E-state index in [1.54, 1.807) is 17.0 Å². The van der Waals surface area contributed by atoms with E-state index in [-0.39, 0.29) is 36.9 Å². The van der Waals surface area contributed by atoms with Crippen molar-refractivity contribution in [3.8, 4) is 0 Å². The summed E-state index contributed by atoms with van der Waals surface area (Å²) in [5.41, 5.74) is 0.364. The van der Waals surface area contributed by atoms with E-state index in [1.165, 1.54) is 6.07 Å². The van der Waals surface area contributed by atoms with Crippen molar-refractivity contribution < 1.29 is 19.0 Å². The van der Waals surface area contributed by atoms with Gasteiger partial charge in [-0.1, -0.05) is 15.9 Å². The molecule has 2 rings (SSSR count). The minimum absolute atomic E-state index is 0.00770. The minimum atomic E-state index is -0.388. The van der Waals surface area contributed by atoms with Crippen molar-refractivity contribution in [3.63, 3.8) is 0 Å². The molecule has 1 N–H and O–H groups in total. The molecule has 1 fully saturated rings. The Morgan fingerprint density at radius 1 is 1.60 bits per heavy atom. The highest BCUT2D eigenvalue weighted by atomic mass is 79.9. The first-order valence-corrected chi connectivity index (χ1v) is 7.26. The van der Waals surface area contributed by atoms with Gasteiger partial charge in [0.05, 0.1) is 31.8 Å². The second kappa shape index (κ2) is 6.65. The number of carbonyl (C=O) groups excluding carboxylic acids is 1. The predicted octanol–water partition coefficient (Wildman–Crippen LogP) is 1.74. The molecule has 0 aliphatic carbocycles. The van der Waals surface area contributed by atoms with Crippen LogP contribution >= 0.6 is 15.9 Å². The topological polar surface area (TPSA) is 49.8 Å². The molecule has 2 atom stereocenters. The summed E-state index contributed by atoms with van der Waals surface area (Å²) in [4.78, 5) is 14.0. The maximum Gasteiger partial charge on any atom is 0.227 e. The molecule has 4 nitrogen and oxygen atoms in total. The second-order valence-electron chi connectivity index (χ2n) is 4.95. The Labute approximate surface area is 125 Å². The average Bonchev–Trinajstić information content (AvgIpc) is 2.43. The van der Waals surface area contributed by atoms with Gasteiger partial charge in [-0.3, -0.25) is 4.79 Å². The molecule has 1 aliphatic rings. The molecule has 20 heavy (non-hydrogen) atoms. The van der Waals surface area contributed by atoms with Crippen LogP contribution in [0, 0.1) is 5.82 Å². The van der Waals surface area contributed by atoms with Crippen LogP contribution in [-0.2, 0) is 16.0 Å². The Balaban J connectivity index is 2.08. The molecule has 0 spiro atoms. The van der Waals surface area contributed by atoms with Gasteiger partial charge in [-0.2, -0.15) is 0 Å². The fourth-order valence-electron chi connectivity index (χ4n) is 2.22. The number of aliphatic hydroxyl groups excluding tert-OH is 1. The Hall–Kier alpha value is -0.980. The SMILES string of the molecule is CC1COC(CO)CN1C(=O)Cc1cc(Br)ccc1F. The standard InChI is InChI=1S/C14H17BrFNO3/c1-9-8-20-12(7-18)6-17(9)14(19)5-10-4-11(15)2-3-13(10)16/h2-4,9,12,18H,5-8H2,1H3. The first-order valence-electron chi connectivity index (χ1n) is 6.47. The van der Waals surface area contributed by atoms with E-state index in [0.717, 1.165) is 4.47 Å². The Bertz CT molecular complexity index is 497. The van der Waals surface area contributed by atoms with Crippen LogP contribution in [0.2, 0.25) is 0 Å². The van der Waals surface area contributed by atoms with Crippen LogP contribution in [-0.4, -0.2) is 47.8 Å². The number of benzene rings is 1. The lowest BCUT2D eigenvalue weighted by atomic mass is 10.1. The van der Waals surface area contributed by atoms with E-state index in [9.17, 15) is 9.18 Å². The summed E-state index contributed by atoms with van der Waals surface area (Å²) < 4.78 is 19.8.